The molecule has 2 nitrogen and oxygen atoms in total. The van der Waals surface area contributed by atoms with E-state index >= 15 is 0 Å². The lowest BCUT2D eigenvalue weighted by molar-refractivity contribution is -0.0689. The number of hydrogen-bond donors (Lipinski definition) is 1. The second-order valence-corrected chi connectivity index (χ2v) is 7.14. The Morgan fingerprint density at radius 2 is 1.94 bits per heavy atom. The van der Waals surface area contributed by atoms with Crippen LogP contribution in [0, 0.1) is 5.92 Å². The van der Waals surface area contributed by atoms with Crippen LogP contribution in [0.2, 0.25) is 0 Å². The van der Waals surface area contributed by atoms with Crippen molar-refractivity contribution in [1.82, 2.24) is 10.2 Å². The van der Waals surface area contributed by atoms with Crippen LogP contribution >= 0.6 is 0 Å². The number of piperazine rings is 1. The molecule has 17 heavy (non-hydrogen) atoms. The monoisotopic (exact) mass is 238 g/mol. The van der Waals surface area contributed by atoms with Crippen LogP contribution in [-0.4, -0.2) is 35.1 Å². The smallest absolute Gasteiger partial charge is 0.0253 e. The summed E-state index contributed by atoms with van der Waals surface area (Å²) < 4.78 is 0. The van der Waals surface area contributed by atoms with Gasteiger partial charge in [-0.1, -0.05) is 20.8 Å². The fourth-order valence-corrected chi connectivity index (χ4v) is 3.63. The first kappa shape index (κ1) is 13.4. The maximum Gasteiger partial charge on any atom is 0.0253 e. The summed E-state index contributed by atoms with van der Waals surface area (Å²) in [7, 11) is 0. The Morgan fingerprint density at radius 3 is 2.35 bits per heavy atom. The van der Waals surface area contributed by atoms with Gasteiger partial charge in [-0.25, -0.2) is 0 Å². The van der Waals surface area contributed by atoms with Crippen molar-refractivity contribution in [1.29, 1.82) is 0 Å². The van der Waals surface area contributed by atoms with E-state index in [-0.39, 0.29) is 5.54 Å². The standard InChI is InChI=1S/C15H30N2/c1-6-15(8-7-9-15)17-11-14(4,5)16-10-13(17)12(2)3/h12-13,16H,6-11H2,1-5H3. The van der Waals surface area contributed by atoms with Gasteiger partial charge in [-0.15, -0.1) is 0 Å². The maximum absolute atomic E-state index is 3.72. The quantitative estimate of drug-likeness (QED) is 0.813. The summed E-state index contributed by atoms with van der Waals surface area (Å²) in [5.74, 6) is 0.752. The van der Waals surface area contributed by atoms with Gasteiger partial charge in [0.2, 0.25) is 0 Å². The van der Waals surface area contributed by atoms with Crippen LogP contribution in [0.1, 0.15) is 60.3 Å². The lowest BCUT2D eigenvalue weighted by Crippen LogP contribution is -2.70. The molecule has 2 aliphatic rings. The zero-order valence-corrected chi connectivity index (χ0v) is 12.3. The van der Waals surface area contributed by atoms with Crippen molar-refractivity contribution in [2.45, 2.75) is 77.4 Å². The van der Waals surface area contributed by atoms with Gasteiger partial charge < -0.3 is 5.32 Å². The van der Waals surface area contributed by atoms with Crippen molar-refractivity contribution < 1.29 is 0 Å². The lowest BCUT2D eigenvalue weighted by Gasteiger charge is -2.59. The minimum absolute atomic E-state index is 0.281. The van der Waals surface area contributed by atoms with Crippen LogP contribution in [0.3, 0.4) is 0 Å². The van der Waals surface area contributed by atoms with Gasteiger partial charge in [0.25, 0.3) is 0 Å². The van der Waals surface area contributed by atoms with E-state index in [2.05, 4.69) is 44.8 Å². The molecule has 0 aromatic carbocycles. The molecule has 1 aliphatic heterocycles. The molecule has 0 aromatic rings. The number of nitrogens with zero attached hydrogens (tertiary/aromatic N) is 1. The Bertz CT molecular complexity index is 261. The Labute approximate surface area is 107 Å². The average Bonchev–Trinajstić information content (AvgIpc) is 2.15. The predicted molar refractivity (Wildman–Crippen MR) is 74.3 cm³/mol. The first-order valence-corrected chi connectivity index (χ1v) is 7.42. The number of nitrogens with one attached hydrogen (secondary N) is 1. The molecule has 2 heteroatoms. The van der Waals surface area contributed by atoms with Crippen molar-refractivity contribution in [3.05, 3.63) is 0 Å². The second kappa shape index (κ2) is 4.55. The van der Waals surface area contributed by atoms with Crippen LogP contribution in [-0.2, 0) is 0 Å². The van der Waals surface area contributed by atoms with E-state index in [1.165, 1.54) is 32.2 Å². The number of rotatable bonds is 3. The fourth-order valence-electron chi connectivity index (χ4n) is 3.63. The normalized spacial score (nSPS) is 32.5. The van der Waals surface area contributed by atoms with Gasteiger partial charge in [0.15, 0.2) is 0 Å². The third kappa shape index (κ3) is 2.39. The van der Waals surface area contributed by atoms with Crippen LogP contribution in [0.4, 0.5) is 0 Å². The molecule has 1 saturated heterocycles. The average molecular weight is 238 g/mol. The van der Waals surface area contributed by atoms with Gasteiger partial charge in [-0.05, 0) is 45.4 Å². The first-order chi connectivity index (χ1) is 7.90. The van der Waals surface area contributed by atoms with E-state index in [0.29, 0.717) is 5.54 Å². The molecule has 1 heterocycles. The van der Waals surface area contributed by atoms with E-state index in [9.17, 15) is 0 Å². The van der Waals surface area contributed by atoms with Crippen molar-refractivity contribution in [3.63, 3.8) is 0 Å². The topological polar surface area (TPSA) is 15.3 Å². The highest BCUT2D eigenvalue weighted by atomic mass is 15.3. The Hall–Kier alpha value is -0.0800. The molecule has 100 valence electrons. The molecule has 1 unspecified atom stereocenters. The molecule has 0 spiro atoms. The van der Waals surface area contributed by atoms with Gasteiger partial charge in [0.05, 0.1) is 0 Å². The molecule has 0 bridgehead atoms. The third-order valence-corrected chi connectivity index (χ3v) is 5.08. The summed E-state index contributed by atoms with van der Waals surface area (Å²) in [4.78, 5) is 2.86. The Kier molecular flexibility index (Phi) is 3.57. The van der Waals surface area contributed by atoms with Crippen molar-refractivity contribution in [2.24, 2.45) is 5.92 Å². The molecule has 2 fully saturated rings. The molecule has 0 amide bonds. The summed E-state index contributed by atoms with van der Waals surface area (Å²) in [5, 5.41) is 3.72. The van der Waals surface area contributed by atoms with Crippen LogP contribution in [0.15, 0.2) is 0 Å². The summed E-state index contributed by atoms with van der Waals surface area (Å²) in [5.41, 5.74) is 0.817. The molecule has 0 aromatic heterocycles. The van der Waals surface area contributed by atoms with E-state index in [1.54, 1.807) is 0 Å². The number of hydrogen-bond acceptors (Lipinski definition) is 2. The van der Waals surface area contributed by atoms with E-state index in [1.807, 2.05) is 0 Å². The van der Waals surface area contributed by atoms with Gasteiger partial charge in [-0.2, -0.15) is 0 Å². The SMILES string of the molecule is CCC1(N2CC(C)(C)NCC2C(C)C)CCC1. The highest BCUT2D eigenvalue weighted by Crippen LogP contribution is 2.44. The first-order valence-electron chi connectivity index (χ1n) is 7.42. The van der Waals surface area contributed by atoms with Crippen molar-refractivity contribution in [2.75, 3.05) is 13.1 Å². The van der Waals surface area contributed by atoms with E-state index in [4.69, 9.17) is 0 Å². The molecule has 1 N–H and O–H groups in total. The van der Waals surface area contributed by atoms with Crippen LogP contribution in [0.5, 0.6) is 0 Å². The highest BCUT2D eigenvalue weighted by molar-refractivity contribution is 5.05. The maximum atomic E-state index is 3.72. The molecule has 2 rings (SSSR count). The van der Waals surface area contributed by atoms with Gasteiger partial charge in [0, 0.05) is 30.2 Å². The summed E-state index contributed by atoms with van der Waals surface area (Å²) in [6, 6.07) is 0.725. The van der Waals surface area contributed by atoms with Crippen LogP contribution in [0.25, 0.3) is 0 Å². The van der Waals surface area contributed by atoms with Crippen molar-refractivity contribution >= 4 is 0 Å². The van der Waals surface area contributed by atoms with Crippen LogP contribution < -0.4 is 5.32 Å². The molecular formula is C15H30N2. The molecule has 1 atom stereocenters. The largest absolute Gasteiger partial charge is 0.309 e. The van der Waals surface area contributed by atoms with Crippen molar-refractivity contribution in [3.8, 4) is 0 Å². The predicted octanol–water partition coefficient (Wildman–Crippen LogP) is 3.03. The zero-order chi connectivity index (χ0) is 12.7. The van der Waals surface area contributed by atoms with E-state index < -0.39 is 0 Å². The summed E-state index contributed by atoms with van der Waals surface area (Å²) >= 11 is 0. The molecular weight excluding hydrogens is 208 g/mol. The fraction of sp³-hybridized carbons (Fsp3) is 1.00. The highest BCUT2D eigenvalue weighted by Gasteiger charge is 2.47. The second-order valence-electron chi connectivity index (χ2n) is 7.14. The lowest BCUT2D eigenvalue weighted by atomic mass is 9.71. The van der Waals surface area contributed by atoms with Gasteiger partial charge >= 0.3 is 0 Å². The van der Waals surface area contributed by atoms with Gasteiger partial charge in [-0.3, -0.25) is 4.90 Å². The Balaban J connectivity index is 2.18. The molecule has 1 saturated carbocycles. The molecule has 0 radical (unpaired) electrons. The Morgan fingerprint density at radius 1 is 1.29 bits per heavy atom. The van der Waals surface area contributed by atoms with E-state index in [0.717, 1.165) is 18.5 Å². The minimum Gasteiger partial charge on any atom is -0.309 e. The third-order valence-electron chi connectivity index (χ3n) is 5.08. The summed E-state index contributed by atoms with van der Waals surface area (Å²) in [6.45, 7) is 14.2. The zero-order valence-electron chi connectivity index (χ0n) is 12.3. The summed E-state index contributed by atoms with van der Waals surface area (Å²) in [6.07, 6.45) is 5.60. The molecule has 1 aliphatic carbocycles. The minimum atomic E-state index is 0.281. The van der Waals surface area contributed by atoms with Gasteiger partial charge in [0.1, 0.15) is 0 Å².